The molecular formula is C15H14ClLi. The first kappa shape index (κ1) is 14.4. The van der Waals surface area contributed by atoms with Crippen LogP contribution in [0.15, 0.2) is 42.5 Å². The van der Waals surface area contributed by atoms with E-state index in [2.05, 4.69) is 37.3 Å². The molecule has 0 nitrogen and oxygen atoms in total. The Morgan fingerprint density at radius 2 is 1.71 bits per heavy atom. The predicted octanol–water partition coefficient (Wildman–Crippen LogP) is 1.30. The van der Waals surface area contributed by atoms with Crippen LogP contribution in [-0.4, -0.2) is 0 Å². The van der Waals surface area contributed by atoms with Crippen LogP contribution in [0.4, 0.5) is 0 Å². The van der Waals surface area contributed by atoms with Crippen molar-refractivity contribution in [2.45, 2.75) is 19.8 Å². The monoisotopic (exact) mass is 236 g/mol. The van der Waals surface area contributed by atoms with E-state index in [0.717, 1.165) is 23.4 Å². The van der Waals surface area contributed by atoms with Crippen molar-refractivity contribution in [2.24, 2.45) is 0 Å². The largest absolute Gasteiger partial charge is 1.00 e. The van der Waals surface area contributed by atoms with Crippen LogP contribution < -0.4 is 18.9 Å². The molecule has 0 spiro atoms. The smallest absolute Gasteiger partial charge is 0.183 e. The second-order valence-electron chi connectivity index (χ2n) is 3.86. The Hall–Kier alpha value is -0.673. The van der Waals surface area contributed by atoms with E-state index in [-0.39, 0.29) is 18.9 Å². The zero-order chi connectivity index (χ0) is 11.4. The third-order valence-electron chi connectivity index (χ3n) is 2.72. The first-order valence-corrected chi connectivity index (χ1v) is 5.89. The Bertz CT molecular complexity index is 463. The van der Waals surface area contributed by atoms with Gasteiger partial charge in [0.1, 0.15) is 0 Å². The van der Waals surface area contributed by atoms with Crippen LogP contribution in [0.1, 0.15) is 23.6 Å². The van der Waals surface area contributed by atoms with Gasteiger partial charge in [0.2, 0.25) is 0 Å². The molecule has 82 valence electrons. The van der Waals surface area contributed by atoms with E-state index < -0.39 is 0 Å². The number of hydrogen-bond donors (Lipinski definition) is 0. The Morgan fingerprint density at radius 3 is 2.29 bits per heavy atom. The molecule has 0 aromatic heterocycles. The van der Waals surface area contributed by atoms with Gasteiger partial charge in [-0.05, 0) is 18.4 Å². The SMILES string of the molecule is CCc1ccc(Cc2c[c-]ccc2Cl)cc1.[Li+]. The fourth-order valence-corrected chi connectivity index (χ4v) is 1.88. The third kappa shape index (κ3) is 3.93. The zero-order valence-electron chi connectivity index (χ0n) is 10.3. The van der Waals surface area contributed by atoms with Gasteiger partial charge in [-0.1, -0.05) is 41.8 Å². The molecule has 2 aromatic carbocycles. The van der Waals surface area contributed by atoms with Gasteiger partial charge in [0.05, 0.1) is 0 Å². The molecule has 2 rings (SSSR count). The van der Waals surface area contributed by atoms with E-state index >= 15 is 0 Å². The first-order chi connectivity index (χ1) is 7.79. The summed E-state index contributed by atoms with van der Waals surface area (Å²) in [4.78, 5) is 0. The normalized spacial score (nSPS) is 9.76. The standard InChI is InChI=1S/C15H14Cl.Li/c1-2-12-7-9-13(10-8-12)11-14-5-3-4-6-15(14)16;/h4-10H,2,11H2,1H3;/q-1;+1. The summed E-state index contributed by atoms with van der Waals surface area (Å²) in [5, 5.41) is 0.818. The maximum atomic E-state index is 6.11. The third-order valence-corrected chi connectivity index (χ3v) is 3.08. The van der Waals surface area contributed by atoms with Crippen LogP contribution in [0.5, 0.6) is 0 Å². The summed E-state index contributed by atoms with van der Waals surface area (Å²) in [6, 6.07) is 17.4. The van der Waals surface area contributed by atoms with Crippen LogP contribution in [0.3, 0.4) is 0 Å². The molecule has 0 heterocycles. The van der Waals surface area contributed by atoms with Crippen LogP contribution >= 0.6 is 11.6 Å². The van der Waals surface area contributed by atoms with Crippen molar-refractivity contribution in [1.82, 2.24) is 0 Å². The molecule has 0 aliphatic carbocycles. The topological polar surface area (TPSA) is 0 Å². The van der Waals surface area contributed by atoms with Crippen molar-refractivity contribution in [3.8, 4) is 0 Å². The number of hydrogen-bond acceptors (Lipinski definition) is 0. The molecular weight excluding hydrogens is 223 g/mol. The fourth-order valence-electron chi connectivity index (χ4n) is 1.69. The second-order valence-corrected chi connectivity index (χ2v) is 4.27. The van der Waals surface area contributed by atoms with Crippen LogP contribution in [-0.2, 0) is 12.8 Å². The summed E-state index contributed by atoms with van der Waals surface area (Å²) in [6.45, 7) is 2.16. The molecule has 2 aromatic rings. The first-order valence-electron chi connectivity index (χ1n) is 5.52. The molecule has 0 fully saturated rings. The molecule has 2 heteroatoms. The molecule has 0 radical (unpaired) electrons. The van der Waals surface area contributed by atoms with Gasteiger partial charge in [-0.25, -0.2) is 0 Å². The van der Waals surface area contributed by atoms with Gasteiger partial charge in [-0.15, -0.1) is 17.2 Å². The Morgan fingerprint density at radius 1 is 1.06 bits per heavy atom. The van der Waals surface area contributed by atoms with Gasteiger partial charge in [0.15, 0.2) is 0 Å². The van der Waals surface area contributed by atoms with E-state index in [0.29, 0.717) is 0 Å². The fraction of sp³-hybridized carbons (Fsp3) is 0.200. The van der Waals surface area contributed by atoms with Crippen molar-refractivity contribution in [1.29, 1.82) is 0 Å². The van der Waals surface area contributed by atoms with Gasteiger partial charge in [-0.3, -0.25) is 0 Å². The van der Waals surface area contributed by atoms with E-state index in [1.54, 1.807) is 0 Å². The average Bonchev–Trinajstić information content (AvgIpc) is 2.33. The minimum absolute atomic E-state index is 0. The molecule has 0 amide bonds. The maximum Gasteiger partial charge on any atom is 1.00 e. The summed E-state index contributed by atoms with van der Waals surface area (Å²) in [5.41, 5.74) is 3.79. The molecule has 0 N–H and O–H groups in total. The Kier molecular flexibility index (Phi) is 5.85. The number of aryl methyl sites for hydroxylation is 1. The van der Waals surface area contributed by atoms with Crippen LogP contribution in [0, 0.1) is 6.07 Å². The van der Waals surface area contributed by atoms with Crippen LogP contribution in [0.25, 0.3) is 0 Å². The molecule has 17 heavy (non-hydrogen) atoms. The summed E-state index contributed by atoms with van der Waals surface area (Å²) in [7, 11) is 0. The van der Waals surface area contributed by atoms with E-state index in [1.807, 2.05) is 18.2 Å². The second kappa shape index (κ2) is 6.92. The minimum Gasteiger partial charge on any atom is -0.183 e. The molecule has 0 aliphatic rings. The van der Waals surface area contributed by atoms with Crippen molar-refractivity contribution in [2.75, 3.05) is 0 Å². The van der Waals surface area contributed by atoms with Gasteiger partial charge in [-0.2, -0.15) is 24.3 Å². The summed E-state index contributed by atoms with van der Waals surface area (Å²) < 4.78 is 0. The summed E-state index contributed by atoms with van der Waals surface area (Å²) >= 11 is 6.11. The number of rotatable bonds is 3. The van der Waals surface area contributed by atoms with E-state index in [9.17, 15) is 0 Å². The average molecular weight is 237 g/mol. The quantitative estimate of drug-likeness (QED) is 0.557. The van der Waals surface area contributed by atoms with Crippen molar-refractivity contribution < 1.29 is 18.9 Å². The molecule has 0 bridgehead atoms. The van der Waals surface area contributed by atoms with Gasteiger partial charge >= 0.3 is 18.9 Å². The Labute approximate surface area is 120 Å². The molecule has 0 saturated carbocycles. The van der Waals surface area contributed by atoms with Gasteiger partial charge in [0, 0.05) is 0 Å². The zero-order valence-corrected chi connectivity index (χ0v) is 11.1. The van der Waals surface area contributed by atoms with Crippen molar-refractivity contribution in [3.05, 3.63) is 70.2 Å². The molecule has 0 aliphatic heterocycles. The predicted molar refractivity (Wildman–Crippen MR) is 68.9 cm³/mol. The molecule has 0 unspecified atom stereocenters. The van der Waals surface area contributed by atoms with Crippen LogP contribution in [0.2, 0.25) is 5.02 Å². The molecule has 0 atom stereocenters. The number of halogens is 1. The maximum absolute atomic E-state index is 6.11. The molecule has 0 saturated heterocycles. The number of benzene rings is 2. The van der Waals surface area contributed by atoms with Crippen molar-refractivity contribution >= 4 is 11.6 Å². The summed E-state index contributed by atoms with van der Waals surface area (Å²) in [5.74, 6) is 0. The summed E-state index contributed by atoms with van der Waals surface area (Å²) in [6.07, 6.45) is 1.96. The van der Waals surface area contributed by atoms with Crippen molar-refractivity contribution in [3.63, 3.8) is 0 Å². The minimum atomic E-state index is 0. The van der Waals surface area contributed by atoms with Gasteiger partial charge in [0.25, 0.3) is 0 Å². The Balaban J connectivity index is 0.00000144. The van der Waals surface area contributed by atoms with E-state index in [4.69, 9.17) is 11.6 Å². The van der Waals surface area contributed by atoms with E-state index in [1.165, 1.54) is 11.1 Å². The van der Waals surface area contributed by atoms with Gasteiger partial charge < -0.3 is 0 Å².